The number of urea groups is 1. The first-order valence-corrected chi connectivity index (χ1v) is 7.84. The Morgan fingerprint density at radius 1 is 1.40 bits per heavy atom. The monoisotopic (exact) mass is 339 g/mol. The zero-order valence-electron chi connectivity index (χ0n) is 11.2. The Kier molecular flexibility index (Phi) is 5.40. The molecule has 3 amide bonds. The van der Waals surface area contributed by atoms with E-state index in [1.165, 1.54) is 0 Å². The molecule has 1 aliphatic heterocycles. The molecule has 6 heteroatoms. The summed E-state index contributed by atoms with van der Waals surface area (Å²) in [6.45, 7) is 1.31. The smallest absolute Gasteiger partial charge is 0.321 e. The first-order chi connectivity index (χ1) is 9.70. The van der Waals surface area contributed by atoms with Gasteiger partial charge in [0, 0.05) is 36.2 Å². The molecule has 20 heavy (non-hydrogen) atoms. The van der Waals surface area contributed by atoms with Crippen molar-refractivity contribution in [2.24, 2.45) is 0 Å². The van der Waals surface area contributed by atoms with Crippen LogP contribution in [-0.4, -0.2) is 30.4 Å². The third-order valence-corrected chi connectivity index (χ3v) is 3.65. The molecule has 1 saturated heterocycles. The van der Waals surface area contributed by atoms with Gasteiger partial charge in [-0.2, -0.15) is 0 Å². The third kappa shape index (κ3) is 3.96. The molecule has 1 aromatic carbocycles. The van der Waals surface area contributed by atoms with Gasteiger partial charge in [0.05, 0.1) is 0 Å². The average molecular weight is 340 g/mol. The molecule has 0 bridgehead atoms. The molecule has 108 valence electrons. The minimum absolute atomic E-state index is 0.00831. The van der Waals surface area contributed by atoms with Gasteiger partial charge in [-0.25, -0.2) is 4.79 Å². The van der Waals surface area contributed by atoms with Crippen LogP contribution in [0.2, 0.25) is 0 Å². The molecule has 0 aliphatic carbocycles. The summed E-state index contributed by atoms with van der Waals surface area (Å²) in [5, 5.41) is 6.54. The van der Waals surface area contributed by atoms with Crippen LogP contribution >= 0.6 is 15.9 Å². The standard InChI is InChI=1S/C14H18BrN3O2/c15-7-2-1-6-13(19)17-11-4-3-5-12(10-11)18-9-8-16-14(18)20/h3-5,10H,1-2,6-9H2,(H,16,20)(H,17,19). The Morgan fingerprint density at radius 3 is 2.95 bits per heavy atom. The van der Waals surface area contributed by atoms with E-state index >= 15 is 0 Å². The van der Waals surface area contributed by atoms with Crippen molar-refractivity contribution in [1.29, 1.82) is 0 Å². The predicted molar refractivity (Wildman–Crippen MR) is 83.5 cm³/mol. The molecule has 0 saturated carbocycles. The fraction of sp³-hybridized carbons (Fsp3) is 0.429. The highest BCUT2D eigenvalue weighted by atomic mass is 79.9. The van der Waals surface area contributed by atoms with E-state index in [0.29, 0.717) is 19.5 Å². The Balaban J connectivity index is 1.95. The van der Waals surface area contributed by atoms with Crippen molar-refractivity contribution in [2.45, 2.75) is 19.3 Å². The number of alkyl halides is 1. The summed E-state index contributed by atoms with van der Waals surface area (Å²) in [6.07, 6.45) is 2.37. The summed E-state index contributed by atoms with van der Waals surface area (Å²) >= 11 is 3.34. The van der Waals surface area contributed by atoms with Gasteiger partial charge in [0.25, 0.3) is 0 Å². The third-order valence-electron chi connectivity index (χ3n) is 3.09. The van der Waals surface area contributed by atoms with Crippen molar-refractivity contribution in [2.75, 3.05) is 28.6 Å². The minimum atomic E-state index is -0.0919. The second kappa shape index (κ2) is 7.28. The maximum atomic E-state index is 11.8. The molecule has 1 aromatic rings. The zero-order valence-corrected chi connectivity index (χ0v) is 12.8. The van der Waals surface area contributed by atoms with E-state index in [9.17, 15) is 9.59 Å². The van der Waals surface area contributed by atoms with Crippen LogP contribution in [0.5, 0.6) is 0 Å². The quantitative estimate of drug-likeness (QED) is 0.618. The molecule has 0 unspecified atom stereocenters. The average Bonchev–Trinajstić information content (AvgIpc) is 2.85. The van der Waals surface area contributed by atoms with E-state index in [0.717, 1.165) is 29.5 Å². The number of hydrogen-bond donors (Lipinski definition) is 2. The zero-order chi connectivity index (χ0) is 14.4. The normalized spacial score (nSPS) is 14.2. The van der Waals surface area contributed by atoms with Gasteiger partial charge in [-0.15, -0.1) is 0 Å². The van der Waals surface area contributed by atoms with Gasteiger partial charge >= 0.3 is 6.03 Å². The second-order valence-electron chi connectivity index (χ2n) is 4.63. The summed E-state index contributed by atoms with van der Waals surface area (Å²) in [5.41, 5.74) is 1.53. The lowest BCUT2D eigenvalue weighted by Gasteiger charge is -2.15. The van der Waals surface area contributed by atoms with Gasteiger partial charge in [-0.1, -0.05) is 22.0 Å². The number of carbonyl (C=O) groups excluding carboxylic acids is 2. The molecular weight excluding hydrogens is 322 g/mol. The SMILES string of the molecule is O=C(CCCCBr)Nc1cccc(N2CCNC2=O)c1. The number of amides is 3. The number of halogens is 1. The first-order valence-electron chi connectivity index (χ1n) is 6.72. The summed E-state index contributed by atoms with van der Waals surface area (Å²) in [4.78, 5) is 25.0. The van der Waals surface area contributed by atoms with Crippen LogP contribution < -0.4 is 15.5 Å². The lowest BCUT2D eigenvalue weighted by atomic mass is 10.2. The van der Waals surface area contributed by atoms with Crippen LogP contribution in [0.25, 0.3) is 0 Å². The van der Waals surface area contributed by atoms with Crippen molar-refractivity contribution in [1.82, 2.24) is 5.32 Å². The van der Waals surface area contributed by atoms with E-state index in [1.54, 1.807) is 4.90 Å². The van der Waals surface area contributed by atoms with Gasteiger partial charge in [-0.3, -0.25) is 9.69 Å². The van der Waals surface area contributed by atoms with Crippen LogP contribution in [0.3, 0.4) is 0 Å². The number of nitrogens with zero attached hydrogens (tertiary/aromatic N) is 1. The second-order valence-corrected chi connectivity index (χ2v) is 5.42. The Hall–Kier alpha value is -1.56. The predicted octanol–water partition coefficient (Wildman–Crippen LogP) is 2.72. The molecular formula is C14H18BrN3O2. The van der Waals surface area contributed by atoms with E-state index < -0.39 is 0 Å². The number of benzene rings is 1. The number of anilines is 2. The number of hydrogen-bond acceptors (Lipinski definition) is 2. The van der Waals surface area contributed by atoms with Crippen LogP contribution in [0.4, 0.5) is 16.2 Å². The molecule has 2 rings (SSSR count). The highest BCUT2D eigenvalue weighted by Crippen LogP contribution is 2.21. The van der Waals surface area contributed by atoms with Gasteiger partial charge in [0.15, 0.2) is 0 Å². The van der Waals surface area contributed by atoms with Crippen LogP contribution in [0, 0.1) is 0 Å². The molecule has 0 radical (unpaired) electrons. The molecule has 0 aromatic heterocycles. The lowest BCUT2D eigenvalue weighted by molar-refractivity contribution is -0.116. The summed E-state index contributed by atoms with van der Waals surface area (Å²) in [5.74, 6) is 0.00831. The Morgan fingerprint density at radius 2 is 2.25 bits per heavy atom. The van der Waals surface area contributed by atoms with E-state index in [-0.39, 0.29) is 11.9 Å². The highest BCUT2D eigenvalue weighted by Gasteiger charge is 2.21. The van der Waals surface area contributed by atoms with Crippen LogP contribution in [0.1, 0.15) is 19.3 Å². The summed E-state index contributed by atoms with van der Waals surface area (Å²) in [6, 6.07) is 7.28. The molecule has 0 atom stereocenters. The van der Waals surface area contributed by atoms with Crippen molar-refractivity contribution < 1.29 is 9.59 Å². The molecule has 1 heterocycles. The molecule has 5 nitrogen and oxygen atoms in total. The van der Waals surface area contributed by atoms with Gasteiger partial charge in [0.2, 0.25) is 5.91 Å². The van der Waals surface area contributed by atoms with Crippen molar-refractivity contribution in [3.05, 3.63) is 24.3 Å². The summed E-state index contributed by atoms with van der Waals surface area (Å²) < 4.78 is 0. The first kappa shape index (κ1) is 14.8. The fourth-order valence-corrected chi connectivity index (χ4v) is 2.47. The topological polar surface area (TPSA) is 61.4 Å². The van der Waals surface area contributed by atoms with Gasteiger partial charge in [0.1, 0.15) is 0 Å². The maximum absolute atomic E-state index is 11.8. The van der Waals surface area contributed by atoms with Crippen LogP contribution in [-0.2, 0) is 4.79 Å². The Bertz CT molecular complexity index is 493. The Labute approximate surface area is 126 Å². The van der Waals surface area contributed by atoms with Crippen molar-refractivity contribution in [3.63, 3.8) is 0 Å². The minimum Gasteiger partial charge on any atom is -0.336 e. The van der Waals surface area contributed by atoms with Gasteiger partial charge in [-0.05, 0) is 31.0 Å². The summed E-state index contributed by atoms with van der Waals surface area (Å²) in [7, 11) is 0. The van der Waals surface area contributed by atoms with Crippen molar-refractivity contribution >= 4 is 39.2 Å². The largest absolute Gasteiger partial charge is 0.336 e. The molecule has 2 N–H and O–H groups in total. The number of rotatable bonds is 6. The van der Waals surface area contributed by atoms with Gasteiger partial charge < -0.3 is 10.6 Å². The van der Waals surface area contributed by atoms with E-state index in [1.807, 2.05) is 24.3 Å². The van der Waals surface area contributed by atoms with Crippen LogP contribution in [0.15, 0.2) is 24.3 Å². The van der Waals surface area contributed by atoms with E-state index in [4.69, 9.17) is 0 Å². The maximum Gasteiger partial charge on any atom is 0.321 e. The lowest BCUT2D eigenvalue weighted by Crippen LogP contribution is -2.27. The molecule has 0 spiro atoms. The van der Waals surface area contributed by atoms with Crippen molar-refractivity contribution in [3.8, 4) is 0 Å². The van der Waals surface area contributed by atoms with E-state index in [2.05, 4.69) is 26.6 Å². The fourth-order valence-electron chi connectivity index (χ4n) is 2.07. The highest BCUT2D eigenvalue weighted by molar-refractivity contribution is 9.09. The number of unbranched alkanes of at least 4 members (excludes halogenated alkanes) is 1. The number of nitrogens with one attached hydrogen (secondary N) is 2. The molecule has 1 aliphatic rings. The number of carbonyl (C=O) groups is 2. The molecule has 1 fully saturated rings.